The molecule has 0 spiro atoms. The van der Waals surface area contributed by atoms with Gasteiger partial charge in [0, 0.05) is 25.7 Å². The van der Waals surface area contributed by atoms with Crippen molar-refractivity contribution in [1.82, 2.24) is 10.2 Å². The summed E-state index contributed by atoms with van der Waals surface area (Å²) in [5, 5.41) is 3.44. The van der Waals surface area contributed by atoms with Crippen LogP contribution in [0.1, 0.15) is 12.5 Å². The Hall–Kier alpha value is -0.640. The lowest BCUT2D eigenvalue weighted by Crippen LogP contribution is -2.56. The molecule has 1 aliphatic rings. The van der Waals surface area contributed by atoms with Crippen molar-refractivity contribution in [2.45, 2.75) is 19.5 Å². The Morgan fingerprint density at radius 3 is 2.75 bits per heavy atom. The van der Waals surface area contributed by atoms with Gasteiger partial charge in [-0.25, -0.2) is 4.39 Å². The van der Waals surface area contributed by atoms with Gasteiger partial charge < -0.3 is 5.32 Å². The van der Waals surface area contributed by atoms with Crippen LogP contribution in [0.2, 0.25) is 5.02 Å². The largest absolute Gasteiger partial charge is 0.314 e. The molecule has 0 aromatic heterocycles. The summed E-state index contributed by atoms with van der Waals surface area (Å²) in [6.45, 7) is 5.96. The van der Waals surface area contributed by atoms with Crippen LogP contribution in [0.3, 0.4) is 0 Å². The first-order valence-corrected chi connectivity index (χ1v) is 5.97. The summed E-state index contributed by atoms with van der Waals surface area (Å²) in [7, 11) is 0. The number of nitrogens with zero attached hydrogens (tertiary/aromatic N) is 1. The molecule has 4 heteroatoms. The molecule has 0 saturated carbocycles. The van der Waals surface area contributed by atoms with Crippen LogP contribution in [0.5, 0.6) is 0 Å². The second kappa shape index (κ2) is 5.13. The lowest BCUT2D eigenvalue weighted by Gasteiger charge is -2.37. The van der Waals surface area contributed by atoms with Crippen LogP contribution in [-0.4, -0.2) is 30.6 Å². The molecule has 0 radical (unpaired) electrons. The van der Waals surface area contributed by atoms with Gasteiger partial charge in [0.05, 0.1) is 5.02 Å². The van der Waals surface area contributed by atoms with Crippen LogP contribution in [0.15, 0.2) is 18.2 Å². The molecule has 1 aromatic rings. The monoisotopic (exact) mass is 242 g/mol. The van der Waals surface area contributed by atoms with Gasteiger partial charge in [-0.15, -0.1) is 0 Å². The predicted molar refractivity (Wildman–Crippen MR) is 64.2 cm³/mol. The molecule has 0 unspecified atom stereocenters. The Labute approximate surface area is 100 Å². The lowest BCUT2D eigenvalue weighted by molar-refractivity contribution is 0.145. The number of nitrogens with one attached hydrogen (secondary N) is 1. The van der Waals surface area contributed by atoms with Gasteiger partial charge >= 0.3 is 0 Å². The highest BCUT2D eigenvalue weighted by Crippen LogP contribution is 2.18. The lowest BCUT2D eigenvalue weighted by atomic mass is 10.1. The van der Waals surface area contributed by atoms with E-state index >= 15 is 0 Å². The first-order valence-electron chi connectivity index (χ1n) is 5.59. The van der Waals surface area contributed by atoms with E-state index in [0.29, 0.717) is 6.04 Å². The van der Waals surface area contributed by atoms with Crippen LogP contribution in [-0.2, 0) is 6.54 Å². The van der Waals surface area contributed by atoms with Gasteiger partial charge in [-0.1, -0.05) is 24.6 Å². The van der Waals surface area contributed by atoms with Crippen LogP contribution in [0, 0.1) is 5.82 Å². The fourth-order valence-corrected chi connectivity index (χ4v) is 2.02. The van der Waals surface area contributed by atoms with Crippen molar-refractivity contribution >= 4 is 11.6 Å². The molecule has 0 bridgehead atoms. The van der Waals surface area contributed by atoms with Crippen molar-refractivity contribution in [3.05, 3.63) is 34.6 Å². The van der Waals surface area contributed by atoms with Gasteiger partial charge in [0.15, 0.2) is 0 Å². The maximum atomic E-state index is 13.3. The van der Waals surface area contributed by atoms with E-state index < -0.39 is 0 Å². The number of benzene rings is 1. The van der Waals surface area contributed by atoms with E-state index in [4.69, 9.17) is 11.6 Å². The molecule has 0 amide bonds. The van der Waals surface area contributed by atoms with Crippen molar-refractivity contribution in [3.8, 4) is 0 Å². The quantitative estimate of drug-likeness (QED) is 0.872. The summed E-state index contributed by atoms with van der Waals surface area (Å²) >= 11 is 5.65. The number of hydrogen-bond donors (Lipinski definition) is 1. The molecule has 0 aliphatic carbocycles. The summed E-state index contributed by atoms with van der Waals surface area (Å²) < 4.78 is 13.3. The molecule has 1 aliphatic heterocycles. The number of likely N-dealkylation sites (N-methyl/N-ethyl adjacent to an activating group) is 1. The molecule has 1 saturated heterocycles. The Balaban J connectivity index is 2.03. The summed E-state index contributed by atoms with van der Waals surface area (Å²) in [6, 6.07) is 5.62. The Morgan fingerprint density at radius 2 is 2.25 bits per heavy atom. The zero-order chi connectivity index (χ0) is 11.5. The summed E-state index contributed by atoms with van der Waals surface area (Å²) in [5.74, 6) is -0.332. The van der Waals surface area contributed by atoms with Crippen molar-refractivity contribution in [3.63, 3.8) is 0 Å². The molecule has 1 fully saturated rings. The van der Waals surface area contributed by atoms with E-state index in [9.17, 15) is 4.39 Å². The highest BCUT2D eigenvalue weighted by atomic mass is 35.5. The second-order valence-corrected chi connectivity index (χ2v) is 4.53. The molecule has 88 valence electrons. The van der Waals surface area contributed by atoms with Crippen molar-refractivity contribution in [2.24, 2.45) is 0 Å². The standard InChI is InChI=1S/C12H16ClFN2/c1-2-16(10-6-15-7-10)8-9-3-4-11(13)12(14)5-9/h3-5,10,15H,2,6-8H2,1H3. The fourth-order valence-electron chi connectivity index (χ4n) is 1.90. The van der Waals surface area contributed by atoms with Crippen LogP contribution >= 0.6 is 11.6 Å². The molecule has 1 N–H and O–H groups in total. The highest BCUT2D eigenvalue weighted by molar-refractivity contribution is 6.30. The SMILES string of the molecule is CCN(Cc1ccc(Cl)c(F)c1)C1CNC1. The molecule has 1 aromatic carbocycles. The number of halogens is 2. The summed E-state index contributed by atoms with van der Waals surface area (Å²) in [4.78, 5) is 2.35. The molecule has 2 rings (SSSR count). The van der Waals surface area contributed by atoms with Gasteiger partial charge in [-0.2, -0.15) is 0 Å². The number of hydrogen-bond acceptors (Lipinski definition) is 2. The van der Waals surface area contributed by atoms with Crippen molar-refractivity contribution in [1.29, 1.82) is 0 Å². The van der Waals surface area contributed by atoms with Crippen LogP contribution in [0.4, 0.5) is 4.39 Å². The first kappa shape index (κ1) is 11.8. The molecule has 1 heterocycles. The Bertz CT molecular complexity index is 366. The molecule has 2 nitrogen and oxygen atoms in total. The van der Waals surface area contributed by atoms with Gasteiger partial charge in [0.2, 0.25) is 0 Å². The van der Waals surface area contributed by atoms with Crippen molar-refractivity contribution in [2.75, 3.05) is 19.6 Å². The van der Waals surface area contributed by atoms with Crippen molar-refractivity contribution < 1.29 is 4.39 Å². The topological polar surface area (TPSA) is 15.3 Å². The Kier molecular flexibility index (Phi) is 3.79. The smallest absolute Gasteiger partial charge is 0.142 e. The molecular formula is C12H16ClFN2. The third-order valence-electron chi connectivity index (χ3n) is 3.05. The minimum Gasteiger partial charge on any atom is -0.314 e. The Morgan fingerprint density at radius 1 is 1.50 bits per heavy atom. The number of rotatable bonds is 4. The minimum absolute atomic E-state index is 0.192. The summed E-state index contributed by atoms with van der Waals surface area (Å²) in [5.41, 5.74) is 0.982. The second-order valence-electron chi connectivity index (χ2n) is 4.12. The average Bonchev–Trinajstić information content (AvgIpc) is 2.20. The van der Waals surface area contributed by atoms with E-state index in [1.165, 1.54) is 6.07 Å². The minimum atomic E-state index is -0.332. The maximum Gasteiger partial charge on any atom is 0.142 e. The predicted octanol–water partition coefficient (Wildman–Crippen LogP) is 2.27. The van der Waals surface area contributed by atoms with E-state index in [1.54, 1.807) is 6.07 Å². The third kappa shape index (κ3) is 2.54. The van der Waals surface area contributed by atoms with Crippen LogP contribution in [0.25, 0.3) is 0 Å². The van der Waals surface area contributed by atoms with E-state index in [-0.39, 0.29) is 10.8 Å². The first-order chi connectivity index (χ1) is 7.70. The fraction of sp³-hybridized carbons (Fsp3) is 0.500. The van der Waals surface area contributed by atoms with E-state index in [1.807, 2.05) is 6.07 Å². The molecule has 0 atom stereocenters. The van der Waals surface area contributed by atoms with Gasteiger partial charge in [-0.05, 0) is 24.2 Å². The third-order valence-corrected chi connectivity index (χ3v) is 3.36. The highest BCUT2D eigenvalue weighted by Gasteiger charge is 2.23. The average molecular weight is 243 g/mol. The van der Waals surface area contributed by atoms with Crippen LogP contribution < -0.4 is 5.32 Å². The van der Waals surface area contributed by atoms with Gasteiger partial charge in [-0.3, -0.25) is 4.90 Å². The zero-order valence-corrected chi connectivity index (χ0v) is 10.1. The van der Waals surface area contributed by atoms with E-state index in [2.05, 4.69) is 17.1 Å². The van der Waals surface area contributed by atoms with Gasteiger partial charge in [0.25, 0.3) is 0 Å². The van der Waals surface area contributed by atoms with Gasteiger partial charge in [0.1, 0.15) is 5.82 Å². The zero-order valence-electron chi connectivity index (χ0n) is 9.34. The van der Waals surface area contributed by atoms with E-state index in [0.717, 1.165) is 31.7 Å². The maximum absolute atomic E-state index is 13.3. The summed E-state index contributed by atoms with van der Waals surface area (Å²) in [6.07, 6.45) is 0. The molecule has 16 heavy (non-hydrogen) atoms. The normalized spacial score (nSPS) is 16.5. The molecular weight excluding hydrogens is 227 g/mol.